The molecule has 0 bridgehead atoms. The van der Waals surface area contributed by atoms with Crippen molar-refractivity contribution in [3.8, 4) is 11.6 Å². The van der Waals surface area contributed by atoms with E-state index in [0.717, 1.165) is 18.1 Å². The summed E-state index contributed by atoms with van der Waals surface area (Å²) in [5, 5.41) is 6.87. The van der Waals surface area contributed by atoms with Gasteiger partial charge in [-0.2, -0.15) is 11.8 Å². The van der Waals surface area contributed by atoms with Crippen LogP contribution < -0.4 is 15.4 Å². The Hall–Kier alpha value is -1.76. The smallest absolute Gasteiger partial charge is 0.226 e. The Bertz CT molecular complexity index is 673. The lowest BCUT2D eigenvalue weighted by Crippen LogP contribution is -2.39. The fourth-order valence-electron chi connectivity index (χ4n) is 2.32. The second-order valence-corrected chi connectivity index (χ2v) is 7.01. The van der Waals surface area contributed by atoms with Crippen molar-refractivity contribution in [1.29, 1.82) is 0 Å². The number of carbonyl (C=O) groups excluding carboxylic acids is 1. The number of anilines is 1. The molecular weight excluding hydrogens is 346 g/mol. The second-order valence-electron chi connectivity index (χ2n) is 5.42. The number of amides is 1. The average molecular weight is 364 g/mol. The third kappa shape index (κ3) is 5.12. The minimum atomic E-state index is -0.0110. The molecule has 1 fully saturated rings. The summed E-state index contributed by atoms with van der Waals surface area (Å²) in [7, 11) is 0. The van der Waals surface area contributed by atoms with Crippen molar-refractivity contribution >= 4 is 35.0 Å². The van der Waals surface area contributed by atoms with Gasteiger partial charge in [-0.15, -0.1) is 0 Å². The van der Waals surface area contributed by atoms with Gasteiger partial charge in [0.25, 0.3) is 0 Å². The molecule has 0 spiro atoms. The molecule has 2 heterocycles. The Morgan fingerprint density at radius 3 is 2.83 bits per heavy atom. The zero-order valence-corrected chi connectivity index (χ0v) is 14.6. The lowest BCUT2D eigenvalue weighted by molar-refractivity contribution is -0.116. The number of benzene rings is 1. The van der Waals surface area contributed by atoms with Crippen molar-refractivity contribution in [3.05, 3.63) is 47.6 Å². The van der Waals surface area contributed by atoms with Crippen molar-refractivity contribution in [3.63, 3.8) is 0 Å². The summed E-state index contributed by atoms with van der Waals surface area (Å²) in [4.78, 5) is 16.3. The van der Waals surface area contributed by atoms with Crippen LogP contribution in [0.25, 0.3) is 0 Å². The molecule has 126 valence electrons. The fraction of sp³-hybridized carbons (Fsp3) is 0.294. The Morgan fingerprint density at radius 1 is 1.33 bits per heavy atom. The number of nitrogens with zero attached hydrogens (tertiary/aromatic N) is 1. The summed E-state index contributed by atoms with van der Waals surface area (Å²) in [6.45, 7) is 0.959. The molecule has 0 radical (unpaired) electrons. The maximum absolute atomic E-state index is 12.1. The Labute approximate surface area is 150 Å². The van der Waals surface area contributed by atoms with Gasteiger partial charge in [0.2, 0.25) is 11.8 Å². The van der Waals surface area contributed by atoms with Gasteiger partial charge in [-0.1, -0.05) is 11.6 Å². The van der Waals surface area contributed by atoms with E-state index < -0.39 is 0 Å². The molecule has 5 nitrogen and oxygen atoms in total. The lowest BCUT2D eigenvalue weighted by Gasteiger charge is -2.22. The first-order valence-electron chi connectivity index (χ1n) is 7.69. The van der Waals surface area contributed by atoms with E-state index >= 15 is 0 Å². The van der Waals surface area contributed by atoms with Gasteiger partial charge in [0, 0.05) is 41.6 Å². The number of hydrogen-bond donors (Lipinski definition) is 2. The molecule has 2 aromatic rings. The summed E-state index contributed by atoms with van der Waals surface area (Å²) < 4.78 is 5.62. The number of pyridine rings is 1. The maximum atomic E-state index is 12.1. The molecule has 1 aliphatic rings. The molecule has 1 amide bonds. The lowest BCUT2D eigenvalue weighted by atomic mass is 10.2. The quantitative estimate of drug-likeness (QED) is 0.850. The van der Waals surface area contributed by atoms with Crippen LogP contribution in [-0.4, -0.2) is 35.0 Å². The van der Waals surface area contributed by atoms with Gasteiger partial charge in [0.05, 0.1) is 11.9 Å². The number of aromatic nitrogens is 1. The number of nitrogens with one attached hydrogen (secondary N) is 2. The molecule has 1 atom stereocenters. The number of rotatable bonds is 5. The van der Waals surface area contributed by atoms with Crippen LogP contribution in [0.3, 0.4) is 0 Å². The zero-order chi connectivity index (χ0) is 16.8. The summed E-state index contributed by atoms with van der Waals surface area (Å²) >= 11 is 7.71. The van der Waals surface area contributed by atoms with Crippen molar-refractivity contribution < 1.29 is 9.53 Å². The fourth-order valence-corrected chi connectivity index (χ4v) is 3.40. The molecule has 2 N–H and O–H groups in total. The SMILES string of the molecule is O=C(CC1CSCCN1)Nc1ccc(Oc2ccc(Cl)cc2)nc1. The van der Waals surface area contributed by atoms with Crippen LogP contribution in [0, 0.1) is 0 Å². The number of carbonyl (C=O) groups is 1. The van der Waals surface area contributed by atoms with Gasteiger partial charge in [-0.25, -0.2) is 4.98 Å². The van der Waals surface area contributed by atoms with Crippen LogP contribution in [0.2, 0.25) is 5.02 Å². The first-order valence-corrected chi connectivity index (χ1v) is 9.23. The summed E-state index contributed by atoms with van der Waals surface area (Å²) in [5.41, 5.74) is 0.659. The first kappa shape index (κ1) is 17.1. The van der Waals surface area contributed by atoms with Gasteiger partial charge in [-0.3, -0.25) is 4.79 Å². The minimum Gasteiger partial charge on any atom is -0.439 e. The third-order valence-corrected chi connectivity index (χ3v) is 4.87. The minimum absolute atomic E-state index is 0.0110. The summed E-state index contributed by atoms with van der Waals surface area (Å²) in [6, 6.07) is 10.8. The predicted octanol–water partition coefficient (Wildman–Crippen LogP) is 3.56. The third-order valence-electron chi connectivity index (χ3n) is 3.49. The molecule has 1 aromatic heterocycles. The summed E-state index contributed by atoms with van der Waals surface area (Å²) in [5.74, 6) is 3.19. The van der Waals surface area contributed by atoms with Gasteiger partial charge in [0.15, 0.2) is 0 Å². The molecule has 1 saturated heterocycles. The monoisotopic (exact) mass is 363 g/mol. The van der Waals surface area contributed by atoms with Crippen molar-refractivity contribution in [2.45, 2.75) is 12.5 Å². The van der Waals surface area contributed by atoms with Crippen molar-refractivity contribution in [1.82, 2.24) is 10.3 Å². The van der Waals surface area contributed by atoms with Crippen LogP contribution in [0.4, 0.5) is 5.69 Å². The van der Waals surface area contributed by atoms with Gasteiger partial charge in [0.1, 0.15) is 5.75 Å². The Balaban J connectivity index is 1.52. The highest BCUT2D eigenvalue weighted by Crippen LogP contribution is 2.22. The van der Waals surface area contributed by atoms with Gasteiger partial charge >= 0.3 is 0 Å². The number of halogens is 1. The highest BCUT2D eigenvalue weighted by Gasteiger charge is 2.16. The van der Waals surface area contributed by atoms with Crippen LogP contribution in [-0.2, 0) is 4.79 Å². The van der Waals surface area contributed by atoms with E-state index in [0.29, 0.717) is 28.8 Å². The molecule has 1 unspecified atom stereocenters. The van der Waals surface area contributed by atoms with Crippen LogP contribution >= 0.6 is 23.4 Å². The number of thioether (sulfide) groups is 1. The standard InChI is InChI=1S/C17H18ClN3O2S/c18-12-1-4-15(5-2-12)23-17-6-3-13(10-20-17)21-16(22)9-14-11-24-8-7-19-14/h1-6,10,14,19H,7-9,11H2,(H,21,22). The predicted molar refractivity (Wildman–Crippen MR) is 98.1 cm³/mol. The Morgan fingerprint density at radius 2 is 2.17 bits per heavy atom. The van der Waals surface area contributed by atoms with Gasteiger partial charge < -0.3 is 15.4 Å². The van der Waals surface area contributed by atoms with E-state index in [1.54, 1.807) is 42.6 Å². The number of ether oxygens (including phenoxy) is 1. The first-order chi connectivity index (χ1) is 11.7. The average Bonchev–Trinajstić information content (AvgIpc) is 2.59. The molecule has 1 aliphatic heterocycles. The number of hydrogen-bond acceptors (Lipinski definition) is 5. The van der Waals surface area contributed by atoms with E-state index in [9.17, 15) is 4.79 Å². The van der Waals surface area contributed by atoms with Crippen LogP contribution in [0.5, 0.6) is 11.6 Å². The molecule has 0 aliphatic carbocycles. The zero-order valence-electron chi connectivity index (χ0n) is 13.0. The molecule has 3 rings (SSSR count). The normalized spacial score (nSPS) is 17.3. The van der Waals surface area contributed by atoms with E-state index in [2.05, 4.69) is 15.6 Å². The van der Waals surface area contributed by atoms with Crippen molar-refractivity contribution in [2.24, 2.45) is 0 Å². The van der Waals surface area contributed by atoms with E-state index in [-0.39, 0.29) is 11.9 Å². The van der Waals surface area contributed by atoms with Crippen LogP contribution in [0.15, 0.2) is 42.6 Å². The Kier molecular flexibility index (Phi) is 5.96. The molecule has 7 heteroatoms. The molecule has 1 aromatic carbocycles. The second kappa shape index (κ2) is 8.37. The molecule has 0 saturated carbocycles. The molecule has 24 heavy (non-hydrogen) atoms. The van der Waals surface area contributed by atoms with Crippen LogP contribution in [0.1, 0.15) is 6.42 Å². The molecular formula is C17H18ClN3O2S. The summed E-state index contributed by atoms with van der Waals surface area (Å²) in [6.07, 6.45) is 2.06. The van der Waals surface area contributed by atoms with E-state index in [4.69, 9.17) is 16.3 Å². The van der Waals surface area contributed by atoms with Gasteiger partial charge in [-0.05, 0) is 30.3 Å². The van der Waals surface area contributed by atoms with E-state index in [1.165, 1.54) is 0 Å². The van der Waals surface area contributed by atoms with E-state index in [1.807, 2.05) is 11.8 Å². The highest BCUT2D eigenvalue weighted by atomic mass is 35.5. The highest BCUT2D eigenvalue weighted by molar-refractivity contribution is 7.99. The van der Waals surface area contributed by atoms with Crippen molar-refractivity contribution in [2.75, 3.05) is 23.4 Å². The topological polar surface area (TPSA) is 63.2 Å². The maximum Gasteiger partial charge on any atom is 0.226 e. The largest absolute Gasteiger partial charge is 0.439 e.